The molecular formula is C17H12BrNOS. The molecule has 1 atom stereocenters. The van der Waals surface area contributed by atoms with Crippen LogP contribution in [-0.2, 0) is 0 Å². The predicted molar refractivity (Wildman–Crippen MR) is 89.0 cm³/mol. The van der Waals surface area contributed by atoms with E-state index in [-0.39, 0.29) is 5.92 Å². The van der Waals surface area contributed by atoms with Crippen LogP contribution in [0.5, 0.6) is 5.75 Å². The van der Waals surface area contributed by atoms with Crippen LogP contribution in [0, 0.1) is 0 Å². The van der Waals surface area contributed by atoms with Gasteiger partial charge in [0.05, 0.1) is 11.6 Å². The van der Waals surface area contributed by atoms with Gasteiger partial charge < -0.3 is 4.74 Å². The van der Waals surface area contributed by atoms with E-state index in [0.717, 1.165) is 26.5 Å². The summed E-state index contributed by atoms with van der Waals surface area (Å²) in [6.07, 6.45) is 0. The fraction of sp³-hybridized carbons (Fsp3) is 0.118. The number of ether oxygens (including phenoxy) is 1. The van der Waals surface area contributed by atoms with Gasteiger partial charge in [0.25, 0.3) is 0 Å². The van der Waals surface area contributed by atoms with Gasteiger partial charge in [0.1, 0.15) is 17.4 Å². The average Bonchev–Trinajstić information content (AvgIpc) is 3.14. The van der Waals surface area contributed by atoms with Crippen molar-refractivity contribution in [2.45, 2.75) is 5.92 Å². The Hall–Kier alpha value is -1.65. The maximum atomic E-state index is 5.76. The van der Waals surface area contributed by atoms with Crippen molar-refractivity contribution in [2.24, 2.45) is 0 Å². The molecule has 1 unspecified atom stereocenters. The average molecular weight is 358 g/mol. The lowest BCUT2D eigenvalue weighted by Crippen LogP contribution is -2.01. The smallest absolute Gasteiger partial charge is 0.123 e. The van der Waals surface area contributed by atoms with Gasteiger partial charge in [0.2, 0.25) is 0 Å². The zero-order valence-corrected chi connectivity index (χ0v) is 13.5. The molecule has 104 valence electrons. The van der Waals surface area contributed by atoms with Crippen molar-refractivity contribution in [3.63, 3.8) is 0 Å². The SMILES string of the molecule is Brc1cccc(-c2csc(C3COc4ccccc43)n2)c1. The molecule has 1 aromatic heterocycles. The molecule has 0 aliphatic carbocycles. The number of para-hydroxylation sites is 1. The van der Waals surface area contributed by atoms with Crippen LogP contribution in [0.25, 0.3) is 11.3 Å². The molecular weight excluding hydrogens is 346 g/mol. The molecule has 0 saturated carbocycles. The van der Waals surface area contributed by atoms with Gasteiger partial charge in [-0.15, -0.1) is 11.3 Å². The summed E-state index contributed by atoms with van der Waals surface area (Å²) in [5.41, 5.74) is 3.41. The Morgan fingerprint density at radius 1 is 1.14 bits per heavy atom. The topological polar surface area (TPSA) is 22.1 Å². The number of halogens is 1. The van der Waals surface area contributed by atoms with E-state index in [1.54, 1.807) is 11.3 Å². The van der Waals surface area contributed by atoms with Crippen LogP contribution < -0.4 is 4.74 Å². The Morgan fingerprint density at radius 3 is 2.95 bits per heavy atom. The summed E-state index contributed by atoms with van der Waals surface area (Å²) in [5.74, 6) is 1.24. The highest BCUT2D eigenvalue weighted by Gasteiger charge is 2.27. The molecule has 0 spiro atoms. The maximum Gasteiger partial charge on any atom is 0.123 e. The van der Waals surface area contributed by atoms with Crippen molar-refractivity contribution in [3.05, 3.63) is 69.0 Å². The van der Waals surface area contributed by atoms with Crippen LogP contribution in [0.4, 0.5) is 0 Å². The highest BCUT2D eigenvalue weighted by molar-refractivity contribution is 9.10. The summed E-state index contributed by atoms with van der Waals surface area (Å²) < 4.78 is 6.83. The zero-order valence-electron chi connectivity index (χ0n) is 11.1. The number of hydrogen-bond acceptors (Lipinski definition) is 3. The second-order valence-corrected chi connectivity index (χ2v) is 6.79. The Kier molecular flexibility index (Phi) is 3.28. The highest BCUT2D eigenvalue weighted by Crippen LogP contribution is 2.39. The molecule has 0 N–H and O–H groups in total. The van der Waals surface area contributed by atoms with Gasteiger partial charge in [-0.2, -0.15) is 0 Å². The van der Waals surface area contributed by atoms with Gasteiger partial charge in [-0.05, 0) is 18.2 Å². The number of hydrogen-bond donors (Lipinski definition) is 0. The van der Waals surface area contributed by atoms with Crippen LogP contribution >= 0.6 is 27.3 Å². The number of thiazole rings is 1. The molecule has 1 aliphatic heterocycles. The van der Waals surface area contributed by atoms with Gasteiger partial charge in [-0.25, -0.2) is 4.98 Å². The van der Waals surface area contributed by atoms with E-state index in [0.29, 0.717) is 6.61 Å². The van der Waals surface area contributed by atoms with Crippen LogP contribution in [0.15, 0.2) is 58.4 Å². The van der Waals surface area contributed by atoms with E-state index in [9.17, 15) is 0 Å². The monoisotopic (exact) mass is 357 g/mol. The summed E-state index contributed by atoms with van der Waals surface area (Å²) in [6.45, 7) is 0.685. The maximum absolute atomic E-state index is 5.76. The third kappa shape index (κ3) is 2.39. The minimum atomic E-state index is 0.257. The number of nitrogens with zero attached hydrogens (tertiary/aromatic N) is 1. The first-order chi connectivity index (χ1) is 10.3. The molecule has 4 heteroatoms. The molecule has 0 bridgehead atoms. The van der Waals surface area contributed by atoms with Gasteiger partial charge in [0.15, 0.2) is 0 Å². The first-order valence-electron chi connectivity index (χ1n) is 6.74. The fourth-order valence-corrected chi connectivity index (χ4v) is 3.93. The Bertz CT molecular complexity index is 799. The quantitative estimate of drug-likeness (QED) is 0.636. The third-order valence-corrected chi connectivity index (χ3v) is 5.09. The first kappa shape index (κ1) is 13.0. The molecule has 3 aromatic rings. The van der Waals surface area contributed by atoms with Gasteiger partial charge in [-0.1, -0.05) is 46.3 Å². The molecule has 4 rings (SSSR count). The molecule has 0 fully saturated rings. The highest BCUT2D eigenvalue weighted by atomic mass is 79.9. The van der Waals surface area contributed by atoms with Gasteiger partial charge in [0, 0.05) is 21.0 Å². The Morgan fingerprint density at radius 2 is 2.05 bits per heavy atom. The Labute approximate surface area is 135 Å². The van der Waals surface area contributed by atoms with E-state index in [1.165, 1.54) is 5.56 Å². The first-order valence-corrected chi connectivity index (χ1v) is 8.41. The molecule has 21 heavy (non-hydrogen) atoms. The van der Waals surface area contributed by atoms with Crippen molar-refractivity contribution in [3.8, 4) is 17.0 Å². The molecule has 0 amide bonds. The van der Waals surface area contributed by atoms with E-state index >= 15 is 0 Å². The fourth-order valence-electron chi connectivity index (χ4n) is 2.60. The summed E-state index contributed by atoms with van der Waals surface area (Å²) in [7, 11) is 0. The van der Waals surface area contributed by atoms with E-state index in [4.69, 9.17) is 9.72 Å². The normalized spacial score (nSPS) is 16.5. The van der Waals surface area contributed by atoms with Gasteiger partial charge >= 0.3 is 0 Å². The number of benzene rings is 2. The second-order valence-electron chi connectivity index (χ2n) is 4.98. The van der Waals surface area contributed by atoms with Crippen molar-refractivity contribution in [1.82, 2.24) is 4.98 Å². The predicted octanol–water partition coefficient (Wildman–Crippen LogP) is 5.10. The standard InChI is InChI=1S/C17H12BrNOS/c18-12-5-3-4-11(8-12)15-10-21-17(19-15)14-9-20-16-7-2-1-6-13(14)16/h1-8,10,14H,9H2. The number of fused-ring (bicyclic) bond motifs is 1. The van der Waals surface area contributed by atoms with E-state index < -0.39 is 0 Å². The van der Waals surface area contributed by atoms with Crippen molar-refractivity contribution in [1.29, 1.82) is 0 Å². The van der Waals surface area contributed by atoms with Crippen LogP contribution in [0.2, 0.25) is 0 Å². The van der Waals surface area contributed by atoms with Crippen LogP contribution in [-0.4, -0.2) is 11.6 Å². The lowest BCUT2D eigenvalue weighted by atomic mass is 10.0. The van der Waals surface area contributed by atoms with Crippen molar-refractivity contribution in [2.75, 3.05) is 6.61 Å². The number of rotatable bonds is 2. The number of aromatic nitrogens is 1. The summed E-state index contributed by atoms with van der Waals surface area (Å²) in [6, 6.07) is 16.5. The lowest BCUT2D eigenvalue weighted by molar-refractivity contribution is 0.343. The minimum absolute atomic E-state index is 0.257. The lowest BCUT2D eigenvalue weighted by Gasteiger charge is -2.04. The minimum Gasteiger partial charge on any atom is -0.492 e. The summed E-state index contributed by atoms with van der Waals surface area (Å²) >= 11 is 5.21. The molecule has 0 saturated heterocycles. The van der Waals surface area contributed by atoms with E-state index in [1.807, 2.05) is 24.3 Å². The van der Waals surface area contributed by atoms with Crippen LogP contribution in [0.1, 0.15) is 16.5 Å². The third-order valence-electron chi connectivity index (χ3n) is 3.64. The summed E-state index contributed by atoms with van der Waals surface area (Å²) in [5, 5.41) is 3.24. The van der Waals surface area contributed by atoms with E-state index in [2.05, 4.69) is 45.6 Å². The van der Waals surface area contributed by atoms with Crippen molar-refractivity contribution < 1.29 is 4.74 Å². The molecule has 2 aromatic carbocycles. The van der Waals surface area contributed by atoms with Gasteiger partial charge in [-0.3, -0.25) is 0 Å². The molecule has 0 radical (unpaired) electrons. The molecule has 2 nitrogen and oxygen atoms in total. The van der Waals surface area contributed by atoms with Crippen molar-refractivity contribution >= 4 is 27.3 Å². The summed E-state index contributed by atoms with van der Waals surface area (Å²) in [4.78, 5) is 4.82. The molecule has 1 aliphatic rings. The Balaban J connectivity index is 1.70. The zero-order chi connectivity index (χ0) is 14.2. The molecule has 2 heterocycles. The second kappa shape index (κ2) is 5.28. The largest absolute Gasteiger partial charge is 0.492 e. The van der Waals surface area contributed by atoms with Crippen LogP contribution in [0.3, 0.4) is 0 Å².